The second-order valence-electron chi connectivity index (χ2n) is 7.16. The van der Waals surface area contributed by atoms with Crippen molar-refractivity contribution in [2.24, 2.45) is 5.73 Å². The van der Waals surface area contributed by atoms with E-state index in [2.05, 4.69) is 5.32 Å². The Morgan fingerprint density at radius 3 is 2.21 bits per heavy atom. The first-order valence-electron chi connectivity index (χ1n) is 9.52. The van der Waals surface area contributed by atoms with Crippen LogP contribution in [0, 0.1) is 6.92 Å². The summed E-state index contributed by atoms with van der Waals surface area (Å²) in [6, 6.07) is 14.4. The molecule has 1 unspecified atom stereocenters. The van der Waals surface area contributed by atoms with E-state index >= 15 is 0 Å². The molecule has 1 atom stereocenters. The number of hydrogen-bond donors (Lipinski definition) is 2. The number of amides is 2. The van der Waals surface area contributed by atoms with Crippen LogP contribution in [0.5, 0.6) is 0 Å². The van der Waals surface area contributed by atoms with E-state index in [0.29, 0.717) is 12.1 Å². The highest BCUT2D eigenvalue weighted by atomic mass is 35.5. The molecule has 5 nitrogen and oxygen atoms in total. The molecule has 1 fully saturated rings. The van der Waals surface area contributed by atoms with Crippen LogP contribution >= 0.6 is 12.4 Å². The summed E-state index contributed by atoms with van der Waals surface area (Å²) < 4.78 is 0. The maximum absolute atomic E-state index is 12.5. The molecule has 28 heavy (non-hydrogen) atoms. The second-order valence-corrected chi connectivity index (χ2v) is 7.16. The average molecular weight is 402 g/mol. The molecule has 1 aliphatic heterocycles. The zero-order valence-electron chi connectivity index (χ0n) is 16.2. The lowest BCUT2D eigenvalue weighted by Crippen LogP contribution is -2.35. The molecular formula is C22H28ClN3O2. The van der Waals surface area contributed by atoms with E-state index in [-0.39, 0.29) is 24.2 Å². The molecule has 6 heteroatoms. The van der Waals surface area contributed by atoms with Gasteiger partial charge in [0.15, 0.2) is 0 Å². The van der Waals surface area contributed by atoms with Gasteiger partial charge in [0.2, 0.25) is 5.91 Å². The smallest absolute Gasteiger partial charge is 0.253 e. The Hall–Kier alpha value is -2.37. The standard InChI is InChI=1S/C22H27N3O2.ClH/c1-16-5-9-18(10-6-16)20(23)21(26)24-15-17-7-11-19(12-8-17)22(27)25-13-3-2-4-14-25;/h5-12,20H,2-4,13-15,23H2,1H3,(H,24,26);1H. The third-order valence-corrected chi connectivity index (χ3v) is 5.03. The summed E-state index contributed by atoms with van der Waals surface area (Å²) in [5, 5.41) is 2.86. The number of halogens is 1. The van der Waals surface area contributed by atoms with E-state index in [1.54, 1.807) is 0 Å². The van der Waals surface area contributed by atoms with Crippen molar-refractivity contribution in [3.63, 3.8) is 0 Å². The molecule has 1 aliphatic rings. The van der Waals surface area contributed by atoms with Crippen molar-refractivity contribution in [2.75, 3.05) is 13.1 Å². The lowest BCUT2D eigenvalue weighted by molar-refractivity contribution is -0.122. The first-order chi connectivity index (χ1) is 13.0. The van der Waals surface area contributed by atoms with Gasteiger partial charge in [-0.3, -0.25) is 9.59 Å². The van der Waals surface area contributed by atoms with Gasteiger partial charge in [0.1, 0.15) is 6.04 Å². The molecule has 1 heterocycles. The Balaban J connectivity index is 0.00000280. The zero-order chi connectivity index (χ0) is 19.2. The minimum atomic E-state index is -0.689. The Morgan fingerprint density at radius 2 is 1.61 bits per heavy atom. The summed E-state index contributed by atoms with van der Waals surface area (Å²) in [6.45, 7) is 4.06. The maximum Gasteiger partial charge on any atom is 0.253 e. The van der Waals surface area contributed by atoms with Gasteiger partial charge in [-0.1, -0.05) is 42.0 Å². The molecule has 150 valence electrons. The van der Waals surface area contributed by atoms with E-state index in [1.807, 2.05) is 60.4 Å². The first-order valence-corrected chi connectivity index (χ1v) is 9.52. The van der Waals surface area contributed by atoms with Crippen molar-refractivity contribution in [3.05, 3.63) is 70.8 Å². The zero-order valence-corrected chi connectivity index (χ0v) is 17.0. The van der Waals surface area contributed by atoms with E-state index in [9.17, 15) is 9.59 Å². The van der Waals surface area contributed by atoms with Crippen LogP contribution in [0.4, 0.5) is 0 Å². The number of rotatable bonds is 5. The van der Waals surface area contributed by atoms with Gasteiger partial charge < -0.3 is 16.0 Å². The summed E-state index contributed by atoms with van der Waals surface area (Å²) in [6.07, 6.45) is 3.36. The number of carbonyl (C=O) groups excluding carboxylic acids is 2. The van der Waals surface area contributed by atoms with Crippen molar-refractivity contribution in [1.29, 1.82) is 0 Å². The summed E-state index contributed by atoms with van der Waals surface area (Å²) in [5.74, 6) is -0.126. The predicted octanol–water partition coefficient (Wildman–Crippen LogP) is 3.36. The highest BCUT2D eigenvalue weighted by Gasteiger charge is 2.18. The lowest BCUT2D eigenvalue weighted by atomic mass is 10.0. The van der Waals surface area contributed by atoms with Gasteiger partial charge in [-0.15, -0.1) is 12.4 Å². The Kier molecular flexibility index (Phi) is 8.03. The van der Waals surface area contributed by atoms with Crippen LogP contribution in [0.3, 0.4) is 0 Å². The summed E-state index contributed by atoms with van der Waals surface area (Å²) in [4.78, 5) is 26.7. The van der Waals surface area contributed by atoms with E-state index in [1.165, 1.54) is 6.42 Å². The summed E-state index contributed by atoms with van der Waals surface area (Å²) in [5.41, 5.74) is 9.60. The van der Waals surface area contributed by atoms with Gasteiger partial charge in [0.05, 0.1) is 0 Å². The minimum Gasteiger partial charge on any atom is -0.350 e. The van der Waals surface area contributed by atoms with Crippen molar-refractivity contribution in [2.45, 2.75) is 38.8 Å². The SMILES string of the molecule is Cc1ccc(C(N)C(=O)NCc2ccc(C(=O)N3CCCCC3)cc2)cc1.Cl. The van der Waals surface area contributed by atoms with Crippen molar-refractivity contribution in [3.8, 4) is 0 Å². The quantitative estimate of drug-likeness (QED) is 0.806. The molecular weight excluding hydrogens is 374 g/mol. The predicted molar refractivity (Wildman–Crippen MR) is 113 cm³/mol. The van der Waals surface area contributed by atoms with Gasteiger partial charge in [-0.25, -0.2) is 0 Å². The van der Waals surface area contributed by atoms with Crippen LogP contribution in [-0.2, 0) is 11.3 Å². The number of nitrogens with two attached hydrogens (primary N) is 1. The van der Waals surface area contributed by atoms with Crippen LogP contribution < -0.4 is 11.1 Å². The van der Waals surface area contributed by atoms with Gasteiger partial charge in [-0.2, -0.15) is 0 Å². The number of benzene rings is 2. The first kappa shape index (κ1) is 21.9. The number of piperidine rings is 1. The van der Waals surface area contributed by atoms with Gasteiger partial charge in [0.25, 0.3) is 5.91 Å². The molecule has 0 aliphatic carbocycles. The molecule has 0 spiro atoms. The topological polar surface area (TPSA) is 75.4 Å². The molecule has 0 saturated carbocycles. The minimum absolute atomic E-state index is 0. The number of likely N-dealkylation sites (tertiary alicyclic amines) is 1. The van der Waals surface area contributed by atoms with Gasteiger partial charge in [-0.05, 0) is 49.4 Å². The fraction of sp³-hybridized carbons (Fsp3) is 0.364. The van der Waals surface area contributed by atoms with E-state index in [4.69, 9.17) is 5.73 Å². The van der Waals surface area contributed by atoms with Crippen LogP contribution in [0.1, 0.15) is 52.4 Å². The second kappa shape index (κ2) is 10.2. The van der Waals surface area contributed by atoms with E-state index < -0.39 is 6.04 Å². The van der Waals surface area contributed by atoms with Crippen molar-refractivity contribution >= 4 is 24.2 Å². The Morgan fingerprint density at radius 1 is 1.00 bits per heavy atom. The van der Waals surface area contributed by atoms with Crippen LogP contribution in [-0.4, -0.2) is 29.8 Å². The van der Waals surface area contributed by atoms with Crippen molar-refractivity contribution in [1.82, 2.24) is 10.2 Å². The highest BCUT2D eigenvalue weighted by molar-refractivity contribution is 5.94. The molecule has 1 saturated heterocycles. The molecule has 2 aromatic rings. The van der Waals surface area contributed by atoms with Gasteiger partial charge >= 0.3 is 0 Å². The Bertz CT molecular complexity index is 784. The summed E-state index contributed by atoms with van der Waals surface area (Å²) >= 11 is 0. The van der Waals surface area contributed by atoms with Crippen LogP contribution in [0.2, 0.25) is 0 Å². The lowest BCUT2D eigenvalue weighted by Gasteiger charge is -2.26. The number of nitrogens with zero attached hydrogens (tertiary/aromatic N) is 1. The number of carbonyl (C=O) groups is 2. The van der Waals surface area contributed by atoms with Crippen LogP contribution in [0.25, 0.3) is 0 Å². The third-order valence-electron chi connectivity index (χ3n) is 5.03. The molecule has 2 aromatic carbocycles. The summed E-state index contributed by atoms with van der Waals surface area (Å²) in [7, 11) is 0. The Labute approximate surface area is 172 Å². The maximum atomic E-state index is 12.5. The fourth-order valence-corrected chi connectivity index (χ4v) is 3.27. The fourth-order valence-electron chi connectivity index (χ4n) is 3.27. The third kappa shape index (κ3) is 5.57. The molecule has 3 rings (SSSR count). The molecule has 0 radical (unpaired) electrons. The molecule has 0 bridgehead atoms. The molecule has 3 N–H and O–H groups in total. The van der Waals surface area contributed by atoms with Crippen LogP contribution in [0.15, 0.2) is 48.5 Å². The van der Waals surface area contributed by atoms with Gasteiger partial charge in [0, 0.05) is 25.2 Å². The number of hydrogen-bond acceptors (Lipinski definition) is 3. The molecule has 2 amide bonds. The van der Waals surface area contributed by atoms with E-state index in [0.717, 1.165) is 42.6 Å². The largest absolute Gasteiger partial charge is 0.350 e. The number of nitrogens with one attached hydrogen (secondary N) is 1. The monoisotopic (exact) mass is 401 g/mol. The average Bonchev–Trinajstić information content (AvgIpc) is 2.72. The number of aryl methyl sites for hydroxylation is 1. The van der Waals surface area contributed by atoms with Crippen molar-refractivity contribution < 1.29 is 9.59 Å². The molecule has 0 aromatic heterocycles. The normalized spacial score (nSPS) is 14.7. The highest BCUT2D eigenvalue weighted by Crippen LogP contribution is 2.15.